The van der Waals surface area contributed by atoms with Gasteiger partial charge in [0, 0.05) is 11.1 Å². The van der Waals surface area contributed by atoms with Crippen molar-refractivity contribution in [2.75, 3.05) is 13.2 Å². The Labute approximate surface area is 202 Å². The number of benzene rings is 3. The molecule has 3 aromatic carbocycles. The van der Waals surface area contributed by atoms with E-state index in [1.165, 1.54) is 0 Å². The average Bonchev–Trinajstić information content (AvgIpc) is 2.80. The summed E-state index contributed by atoms with van der Waals surface area (Å²) in [5.74, 6) is -2.88. The van der Waals surface area contributed by atoms with Crippen molar-refractivity contribution in [2.24, 2.45) is 5.41 Å². The lowest BCUT2D eigenvalue weighted by Crippen LogP contribution is -2.51. The minimum Gasteiger partial charge on any atom is -0.389 e. The summed E-state index contributed by atoms with van der Waals surface area (Å²) in [5.41, 5.74) is 1.10. The zero-order valence-corrected chi connectivity index (χ0v) is 19.7. The average molecular weight is 485 g/mol. The monoisotopic (exact) mass is 484 g/mol. The summed E-state index contributed by atoms with van der Waals surface area (Å²) in [5, 5.41) is 0.234. The van der Waals surface area contributed by atoms with Crippen molar-refractivity contribution in [3.05, 3.63) is 105 Å². The third-order valence-electron chi connectivity index (χ3n) is 5.56. The fourth-order valence-corrected chi connectivity index (χ4v) is 4.44. The number of hydrogen-bond donors (Lipinski definition) is 0. The summed E-state index contributed by atoms with van der Waals surface area (Å²) in [7, 11) is 0. The van der Waals surface area contributed by atoms with Crippen molar-refractivity contribution in [1.29, 1.82) is 0 Å². The third-order valence-corrected chi connectivity index (χ3v) is 6.16. The maximum Gasteiger partial charge on any atom is 0.348 e. The lowest BCUT2D eigenvalue weighted by molar-refractivity contribution is -0.285. The number of hydrogen-bond acceptors (Lipinski definition) is 5. The smallest absolute Gasteiger partial charge is 0.348 e. The van der Waals surface area contributed by atoms with Gasteiger partial charge in [-0.15, -0.1) is 0 Å². The number of carbonyl (C=O) groups is 2. The normalized spacial score (nSPS) is 16.7. The van der Waals surface area contributed by atoms with Crippen LogP contribution in [0.3, 0.4) is 0 Å². The van der Waals surface area contributed by atoms with Crippen molar-refractivity contribution >= 4 is 35.1 Å². The molecule has 33 heavy (non-hydrogen) atoms. The van der Waals surface area contributed by atoms with E-state index in [0.717, 1.165) is 16.7 Å². The quantitative estimate of drug-likeness (QED) is 0.338. The Morgan fingerprint density at radius 3 is 1.76 bits per heavy atom. The molecule has 0 atom stereocenters. The Morgan fingerprint density at radius 2 is 1.30 bits per heavy atom. The Kier molecular flexibility index (Phi) is 6.59. The predicted molar refractivity (Wildman–Crippen MR) is 125 cm³/mol. The van der Waals surface area contributed by atoms with Gasteiger partial charge in [0.1, 0.15) is 5.41 Å². The van der Waals surface area contributed by atoms with Crippen LogP contribution in [0, 0.1) is 12.3 Å². The van der Waals surface area contributed by atoms with Crippen molar-refractivity contribution in [1.82, 2.24) is 0 Å². The first kappa shape index (κ1) is 23.5. The van der Waals surface area contributed by atoms with Gasteiger partial charge in [0.25, 0.3) is 0 Å². The molecule has 1 heterocycles. The van der Waals surface area contributed by atoms with Gasteiger partial charge in [-0.05, 0) is 31.5 Å². The summed E-state index contributed by atoms with van der Waals surface area (Å²) in [4.78, 5) is 25.7. The van der Waals surface area contributed by atoms with Gasteiger partial charge < -0.3 is 14.2 Å². The van der Waals surface area contributed by atoms with Crippen molar-refractivity contribution in [2.45, 2.75) is 19.6 Å². The fraction of sp³-hybridized carbons (Fsp3) is 0.231. The van der Waals surface area contributed by atoms with Crippen molar-refractivity contribution < 1.29 is 23.8 Å². The highest BCUT2D eigenvalue weighted by atomic mass is 35.5. The molecule has 0 aromatic heterocycles. The number of ether oxygens (including phenoxy) is 3. The molecule has 0 unspecified atom stereocenters. The van der Waals surface area contributed by atoms with E-state index < -0.39 is 23.1 Å². The molecule has 0 spiro atoms. The standard InChI is InChI=1S/C26H22Cl2O5/c1-17-13-20(27)22(21(28)14-17)23(29)33-24(30)25(2)15-31-26(32-16-25,18-9-5-3-6-10-18)19-11-7-4-8-12-19/h3-14H,15-16H2,1-2H3. The third kappa shape index (κ3) is 4.55. The van der Waals surface area contributed by atoms with Crippen LogP contribution in [-0.2, 0) is 24.8 Å². The van der Waals surface area contributed by atoms with Crippen LogP contribution >= 0.6 is 23.2 Å². The Hall–Kier alpha value is -2.70. The van der Waals surface area contributed by atoms with Crippen molar-refractivity contribution in [3.8, 4) is 0 Å². The summed E-state index contributed by atoms with van der Waals surface area (Å²) in [6.07, 6.45) is 0. The maximum absolute atomic E-state index is 13.0. The molecule has 1 aliphatic heterocycles. The highest BCUT2D eigenvalue weighted by Crippen LogP contribution is 2.42. The summed E-state index contributed by atoms with van der Waals surface area (Å²) < 4.78 is 17.6. The van der Waals surface area contributed by atoms with Crippen LogP contribution in [-0.4, -0.2) is 25.2 Å². The van der Waals surface area contributed by atoms with Gasteiger partial charge in [-0.3, -0.25) is 4.79 Å². The molecule has 5 nitrogen and oxygen atoms in total. The van der Waals surface area contributed by atoms with Crippen LogP contribution in [0.2, 0.25) is 10.0 Å². The lowest BCUT2D eigenvalue weighted by Gasteiger charge is -2.43. The molecular weight excluding hydrogens is 463 g/mol. The number of carbonyl (C=O) groups excluding carboxylic acids is 2. The highest BCUT2D eigenvalue weighted by Gasteiger charge is 2.49. The molecule has 0 aliphatic carbocycles. The molecule has 0 bridgehead atoms. The highest BCUT2D eigenvalue weighted by molar-refractivity contribution is 6.39. The largest absolute Gasteiger partial charge is 0.389 e. The molecule has 3 aromatic rings. The van der Waals surface area contributed by atoms with Crippen LogP contribution < -0.4 is 0 Å². The summed E-state index contributed by atoms with van der Waals surface area (Å²) in [6, 6.07) is 22.1. The zero-order valence-electron chi connectivity index (χ0n) is 18.1. The molecular formula is C26H22Cl2O5. The molecule has 0 saturated carbocycles. The van der Waals surface area contributed by atoms with E-state index in [2.05, 4.69) is 0 Å². The number of halogens is 2. The molecule has 0 radical (unpaired) electrons. The number of aryl methyl sites for hydroxylation is 1. The molecule has 170 valence electrons. The minimum absolute atomic E-state index is 0.0295. The SMILES string of the molecule is Cc1cc(Cl)c(C(=O)OC(=O)C2(C)COC(c3ccccc3)(c3ccccc3)OC2)c(Cl)c1. The van der Waals surface area contributed by atoms with E-state index >= 15 is 0 Å². The summed E-state index contributed by atoms with van der Waals surface area (Å²) in [6.45, 7) is 3.36. The van der Waals surface area contributed by atoms with Gasteiger partial charge in [0.15, 0.2) is 0 Å². The first-order chi connectivity index (χ1) is 15.7. The fourth-order valence-electron chi connectivity index (χ4n) is 3.69. The predicted octanol–water partition coefficient (Wildman–Crippen LogP) is 5.94. The van der Waals surface area contributed by atoms with Crippen molar-refractivity contribution in [3.63, 3.8) is 0 Å². The first-order valence-electron chi connectivity index (χ1n) is 10.4. The Bertz CT molecular complexity index is 1110. The van der Waals surface area contributed by atoms with Crippen LogP contribution in [0.1, 0.15) is 34.0 Å². The van der Waals surface area contributed by atoms with Crippen LogP contribution in [0.4, 0.5) is 0 Å². The molecule has 7 heteroatoms. The Balaban J connectivity index is 1.56. The van der Waals surface area contributed by atoms with E-state index in [1.807, 2.05) is 60.7 Å². The van der Waals surface area contributed by atoms with E-state index in [-0.39, 0.29) is 28.8 Å². The van der Waals surface area contributed by atoms with Crippen LogP contribution in [0.25, 0.3) is 0 Å². The minimum atomic E-state index is -1.22. The second-order valence-corrected chi connectivity index (χ2v) is 9.08. The molecule has 4 rings (SSSR count). The molecule has 1 aliphatic rings. The second kappa shape index (κ2) is 9.27. The number of esters is 2. The number of rotatable bonds is 4. The second-order valence-electron chi connectivity index (χ2n) is 8.27. The van der Waals surface area contributed by atoms with E-state index in [0.29, 0.717) is 0 Å². The van der Waals surface area contributed by atoms with Gasteiger partial charge in [-0.2, -0.15) is 0 Å². The maximum atomic E-state index is 13.0. The van der Waals surface area contributed by atoms with E-state index in [1.54, 1.807) is 26.0 Å². The van der Waals surface area contributed by atoms with E-state index in [9.17, 15) is 9.59 Å². The topological polar surface area (TPSA) is 61.8 Å². The van der Waals surface area contributed by atoms with Crippen LogP contribution in [0.5, 0.6) is 0 Å². The molecule has 1 fully saturated rings. The molecule has 0 amide bonds. The van der Waals surface area contributed by atoms with Gasteiger partial charge in [0.05, 0.1) is 28.8 Å². The van der Waals surface area contributed by atoms with Gasteiger partial charge in [0.2, 0.25) is 5.79 Å². The van der Waals surface area contributed by atoms with Gasteiger partial charge >= 0.3 is 11.9 Å². The van der Waals surface area contributed by atoms with E-state index in [4.69, 9.17) is 37.4 Å². The summed E-state index contributed by atoms with van der Waals surface area (Å²) >= 11 is 12.3. The molecule has 0 N–H and O–H groups in total. The molecule has 1 saturated heterocycles. The van der Waals surface area contributed by atoms with Gasteiger partial charge in [-0.25, -0.2) is 4.79 Å². The van der Waals surface area contributed by atoms with Crippen LogP contribution in [0.15, 0.2) is 72.8 Å². The first-order valence-corrected chi connectivity index (χ1v) is 11.1. The lowest BCUT2D eigenvalue weighted by atomic mass is 9.89. The van der Waals surface area contributed by atoms with Gasteiger partial charge in [-0.1, -0.05) is 83.9 Å². The zero-order chi connectivity index (χ0) is 23.6. The Morgan fingerprint density at radius 1 is 0.848 bits per heavy atom.